The van der Waals surface area contributed by atoms with E-state index in [1.807, 2.05) is 11.8 Å². The van der Waals surface area contributed by atoms with E-state index in [4.69, 9.17) is 10.8 Å². The maximum Gasteiger partial charge on any atom is 0.0567 e. The fourth-order valence-electron chi connectivity index (χ4n) is 1.46. The molecule has 1 fully saturated rings. The zero-order valence-electron chi connectivity index (χ0n) is 7.05. The zero-order chi connectivity index (χ0) is 8.32. The van der Waals surface area contributed by atoms with E-state index >= 15 is 0 Å². The Labute approximate surface area is 72.5 Å². The summed E-state index contributed by atoms with van der Waals surface area (Å²) in [5.74, 6) is 1.17. The van der Waals surface area contributed by atoms with Crippen LogP contribution in [0.2, 0.25) is 0 Å². The smallest absolute Gasteiger partial charge is 0.0567 e. The van der Waals surface area contributed by atoms with Crippen LogP contribution in [0, 0.1) is 0 Å². The first-order valence-corrected chi connectivity index (χ1v) is 5.23. The summed E-state index contributed by atoms with van der Waals surface area (Å²) in [4.78, 5) is 0. The molecule has 2 nitrogen and oxygen atoms in total. The SMILES string of the molecule is CCCSC1(CN)CC(O)C1. The molecule has 0 spiro atoms. The predicted octanol–water partition coefficient (Wildman–Crippen LogP) is 0.982. The summed E-state index contributed by atoms with van der Waals surface area (Å²) in [6.07, 6.45) is 2.91. The summed E-state index contributed by atoms with van der Waals surface area (Å²) in [6, 6.07) is 0. The van der Waals surface area contributed by atoms with E-state index in [-0.39, 0.29) is 10.9 Å². The van der Waals surface area contributed by atoms with Gasteiger partial charge in [0, 0.05) is 11.3 Å². The van der Waals surface area contributed by atoms with Gasteiger partial charge in [-0.2, -0.15) is 11.8 Å². The van der Waals surface area contributed by atoms with Crippen molar-refractivity contribution < 1.29 is 5.11 Å². The lowest BCUT2D eigenvalue weighted by atomic mass is 9.81. The maximum atomic E-state index is 9.15. The molecule has 3 N–H and O–H groups in total. The minimum Gasteiger partial charge on any atom is -0.393 e. The lowest BCUT2D eigenvalue weighted by Gasteiger charge is -2.44. The van der Waals surface area contributed by atoms with Crippen molar-refractivity contribution in [2.75, 3.05) is 12.3 Å². The quantitative estimate of drug-likeness (QED) is 0.669. The molecule has 11 heavy (non-hydrogen) atoms. The van der Waals surface area contributed by atoms with Gasteiger partial charge in [0.2, 0.25) is 0 Å². The van der Waals surface area contributed by atoms with Crippen molar-refractivity contribution >= 4 is 11.8 Å². The number of nitrogens with two attached hydrogens (primary N) is 1. The molecule has 0 aromatic heterocycles. The third kappa shape index (κ3) is 2.10. The van der Waals surface area contributed by atoms with Crippen molar-refractivity contribution in [2.45, 2.75) is 37.0 Å². The monoisotopic (exact) mass is 175 g/mol. The van der Waals surface area contributed by atoms with Gasteiger partial charge >= 0.3 is 0 Å². The van der Waals surface area contributed by atoms with Crippen LogP contribution in [0.1, 0.15) is 26.2 Å². The van der Waals surface area contributed by atoms with Crippen molar-refractivity contribution in [3.8, 4) is 0 Å². The van der Waals surface area contributed by atoms with Crippen molar-refractivity contribution in [1.29, 1.82) is 0 Å². The molecule has 0 heterocycles. The van der Waals surface area contributed by atoms with Gasteiger partial charge in [0.05, 0.1) is 6.10 Å². The van der Waals surface area contributed by atoms with Gasteiger partial charge in [-0.15, -0.1) is 0 Å². The van der Waals surface area contributed by atoms with Gasteiger partial charge in [-0.3, -0.25) is 0 Å². The second kappa shape index (κ2) is 3.78. The van der Waals surface area contributed by atoms with Gasteiger partial charge in [0.1, 0.15) is 0 Å². The second-order valence-electron chi connectivity index (χ2n) is 3.30. The molecule has 0 saturated heterocycles. The van der Waals surface area contributed by atoms with Gasteiger partial charge in [0.25, 0.3) is 0 Å². The Balaban J connectivity index is 2.26. The number of aliphatic hydroxyl groups is 1. The van der Waals surface area contributed by atoms with Crippen molar-refractivity contribution in [3.63, 3.8) is 0 Å². The molecule has 0 aliphatic heterocycles. The second-order valence-corrected chi connectivity index (χ2v) is 4.86. The first-order chi connectivity index (χ1) is 5.22. The molecule has 0 bridgehead atoms. The number of rotatable bonds is 4. The summed E-state index contributed by atoms with van der Waals surface area (Å²) in [6.45, 7) is 2.89. The number of aliphatic hydroxyl groups excluding tert-OH is 1. The molecule has 0 aromatic carbocycles. The molecular formula is C8H17NOS. The molecule has 0 unspecified atom stereocenters. The highest BCUT2D eigenvalue weighted by atomic mass is 32.2. The highest BCUT2D eigenvalue weighted by Crippen LogP contribution is 2.43. The summed E-state index contributed by atoms with van der Waals surface area (Å²) in [7, 11) is 0. The Morgan fingerprint density at radius 3 is 2.64 bits per heavy atom. The standard InChI is InChI=1S/C8H17NOS/c1-2-3-11-8(6-9)4-7(10)5-8/h7,10H,2-6,9H2,1H3. The first-order valence-electron chi connectivity index (χ1n) is 4.24. The third-order valence-corrected chi connectivity index (χ3v) is 3.92. The molecule has 3 heteroatoms. The van der Waals surface area contributed by atoms with E-state index in [1.165, 1.54) is 12.2 Å². The molecule has 1 rings (SSSR count). The van der Waals surface area contributed by atoms with Crippen LogP contribution in [0.5, 0.6) is 0 Å². The molecule has 0 radical (unpaired) electrons. The van der Waals surface area contributed by atoms with Crippen LogP contribution in [-0.4, -0.2) is 28.3 Å². The minimum absolute atomic E-state index is 0.0806. The zero-order valence-corrected chi connectivity index (χ0v) is 7.86. The largest absolute Gasteiger partial charge is 0.393 e. The number of hydrogen-bond donors (Lipinski definition) is 2. The van der Waals surface area contributed by atoms with E-state index in [2.05, 4.69) is 6.92 Å². The van der Waals surface area contributed by atoms with Gasteiger partial charge in [-0.05, 0) is 25.0 Å². The summed E-state index contributed by atoms with van der Waals surface area (Å²) >= 11 is 1.93. The van der Waals surface area contributed by atoms with E-state index in [0.29, 0.717) is 6.54 Å². The van der Waals surface area contributed by atoms with Crippen LogP contribution >= 0.6 is 11.8 Å². The topological polar surface area (TPSA) is 46.2 Å². The minimum atomic E-state index is -0.0806. The van der Waals surface area contributed by atoms with Crippen LogP contribution in [0.4, 0.5) is 0 Å². The lowest BCUT2D eigenvalue weighted by Crippen LogP contribution is -2.49. The Morgan fingerprint density at radius 2 is 2.27 bits per heavy atom. The highest BCUT2D eigenvalue weighted by molar-refractivity contribution is 8.00. The van der Waals surface area contributed by atoms with Gasteiger partial charge < -0.3 is 10.8 Å². The Bertz CT molecular complexity index is 123. The lowest BCUT2D eigenvalue weighted by molar-refractivity contribution is 0.0643. The van der Waals surface area contributed by atoms with Crippen molar-refractivity contribution in [3.05, 3.63) is 0 Å². The normalized spacial score (nSPS) is 36.8. The Morgan fingerprint density at radius 1 is 1.64 bits per heavy atom. The summed E-state index contributed by atoms with van der Waals surface area (Å²) in [5, 5.41) is 9.15. The molecule has 0 aromatic rings. The molecule has 1 saturated carbocycles. The van der Waals surface area contributed by atoms with Crippen molar-refractivity contribution in [1.82, 2.24) is 0 Å². The summed E-state index contributed by atoms with van der Waals surface area (Å²) in [5.41, 5.74) is 5.64. The Kier molecular flexibility index (Phi) is 3.22. The van der Waals surface area contributed by atoms with E-state index < -0.39 is 0 Å². The van der Waals surface area contributed by atoms with Crippen LogP contribution in [0.3, 0.4) is 0 Å². The first kappa shape index (κ1) is 9.36. The van der Waals surface area contributed by atoms with E-state index in [0.717, 1.165) is 12.8 Å². The average molecular weight is 175 g/mol. The Hall–Kier alpha value is 0.270. The van der Waals surface area contributed by atoms with Crippen molar-refractivity contribution in [2.24, 2.45) is 5.73 Å². The molecule has 0 atom stereocenters. The molecular weight excluding hydrogens is 158 g/mol. The van der Waals surface area contributed by atoms with E-state index in [9.17, 15) is 0 Å². The number of hydrogen-bond acceptors (Lipinski definition) is 3. The van der Waals surface area contributed by atoms with Crippen LogP contribution in [-0.2, 0) is 0 Å². The summed E-state index contributed by atoms with van der Waals surface area (Å²) < 4.78 is 0.232. The molecule has 0 amide bonds. The van der Waals surface area contributed by atoms with E-state index in [1.54, 1.807) is 0 Å². The third-order valence-electron chi connectivity index (χ3n) is 2.20. The average Bonchev–Trinajstić information content (AvgIpc) is 1.96. The molecule has 66 valence electrons. The van der Waals surface area contributed by atoms with Gasteiger partial charge in [-0.25, -0.2) is 0 Å². The van der Waals surface area contributed by atoms with Crippen LogP contribution < -0.4 is 5.73 Å². The molecule has 1 aliphatic rings. The number of thioether (sulfide) groups is 1. The van der Waals surface area contributed by atoms with Gasteiger partial charge in [-0.1, -0.05) is 6.92 Å². The predicted molar refractivity (Wildman–Crippen MR) is 49.8 cm³/mol. The highest BCUT2D eigenvalue weighted by Gasteiger charge is 2.42. The van der Waals surface area contributed by atoms with Crippen LogP contribution in [0.15, 0.2) is 0 Å². The maximum absolute atomic E-state index is 9.15. The molecule has 1 aliphatic carbocycles. The van der Waals surface area contributed by atoms with Gasteiger partial charge in [0.15, 0.2) is 0 Å². The fourth-order valence-corrected chi connectivity index (χ4v) is 2.84. The van der Waals surface area contributed by atoms with Crippen LogP contribution in [0.25, 0.3) is 0 Å². The fraction of sp³-hybridized carbons (Fsp3) is 1.00.